The maximum Gasteiger partial charge on any atom is 0.179 e. The summed E-state index contributed by atoms with van der Waals surface area (Å²) in [6.45, 7) is 4.36. The van der Waals surface area contributed by atoms with Gasteiger partial charge in [-0.25, -0.2) is 0 Å². The Morgan fingerprint density at radius 2 is 0.909 bits per heavy atom. The maximum atomic E-state index is 12.1. The largest absolute Gasteiger partial charge is 0.290 e. The van der Waals surface area contributed by atoms with E-state index in [0.29, 0.717) is 0 Å². The van der Waals surface area contributed by atoms with Crippen molar-refractivity contribution in [1.82, 2.24) is 0 Å². The van der Waals surface area contributed by atoms with E-state index < -0.39 is 0 Å². The average molecular weight is 290 g/mol. The van der Waals surface area contributed by atoms with Gasteiger partial charge in [0, 0.05) is 10.8 Å². The Bertz CT molecular complexity index is 674. The molecule has 110 valence electrons. The van der Waals surface area contributed by atoms with E-state index in [0.717, 1.165) is 35.1 Å². The third-order valence-corrected chi connectivity index (χ3v) is 5.84. The molecule has 0 saturated carbocycles. The predicted molar refractivity (Wildman–Crippen MR) is 86.1 cm³/mol. The summed E-state index contributed by atoms with van der Waals surface area (Å²) in [6, 6.07) is 0. The first-order valence-electron chi connectivity index (χ1n) is 7.91. The van der Waals surface area contributed by atoms with Gasteiger partial charge in [0.1, 0.15) is 0 Å². The Hall–Kier alpha value is -2.22. The standard InChI is InChI=1S/C20H18O2/c1-3-19-13-5-7-15-11-18(22)12-16(20(15,19)4-2)8-6-14(19)10-17(21)9-13/h5-12H,3-4H2,1-2H3. The summed E-state index contributed by atoms with van der Waals surface area (Å²) in [7, 11) is 0. The first kappa shape index (κ1) is 13.4. The number of allylic oxidation sites excluding steroid dienone is 12. The molecule has 0 saturated heterocycles. The molecule has 0 radical (unpaired) electrons. The molecule has 0 spiro atoms. The number of rotatable bonds is 2. The highest BCUT2D eigenvalue weighted by Gasteiger charge is 2.60. The second kappa shape index (κ2) is 4.16. The number of ketones is 2. The van der Waals surface area contributed by atoms with Crippen molar-refractivity contribution in [2.45, 2.75) is 26.7 Å². The summed E-state index contributed by atoms with van der Waals surface area (Å²) in [5.74, 6) is 0.114. The lowest BCUT2D eigenvalue weighted by molar-refractivity contribution is -0.112. The lowest BCUT2D eigenvalue weighted by Crippen LogP contribution is -2.51. The SMILES string of the molecule is CCC12C3=CC(=O)C=C1C=CC1=CC(=O)C=C(C=C3)C12CC. The van der Waals surface area contributed by atoms with Crippen molar-refractivity contribution in [3.63, 3.8) is 0 Å². The quantitative estimate of drug-likeness (QED) is 0.775. The van der Waals surface area contributed by atoms with Gasteiger partial charge in [-0.15, -0.1) is 0 Å². The minimum atomic E-state index is -0.225. The van der Waals surface area contributed by atoms with Crippen molar-refractivity contribution in [2.24, 2.45) is 10.8 Å². The molecule has 2 heteroatoms. The molecule has 0 aromatic rings. The van der Waals surface area contributed by atoms with E-state index in [1.807, 2.05) is 24.3 Å². The van der Waals surface area contributed by atoms with Crippen LogP contribution in [-0.4, -0.2) is 11.6 Å². The number of carbonyl (C=O) groups excluding carboxylic acids is 2. The Balaban J connectivity index is 2.17. The monoisotopic (exact) mass is 290 g/mol. The molecule has 0 aromatic heterocycles. The van der Waals surface area contributed by atoms with Crippen molar-refractivity contribution < 1.29 is 9.59 Å². The van der Waals surface area contributed by atoms with Gasteiger partial charge in [0.05, 0.1) is 0 Å². The van der Waals surface area contributed by atoms with Gasteiger partial charge in [-0.05, 0) is 59.4 Å². The van der Waals surface area contributed by atoms with E-state index in [4.69, 9.17) is 0 Å². The molecular weight excluding hydrogens is 272 g/mol. The van der Waals surface area contributed by atoms with Crippen LogP contribution in [0, 0.1) is 10.8 Å². The van der Waals surface area contributed by atoms with Crippen LogP contribution in [0.4, 0.5) is 0 Å². The van der Waals surface area contributed by atoms with E-state index in [1.54, 1.807) is 24.3 Å². The van der Waals surface area contributed by atoms with E-state index >= 15 is 0 Å². The zero-order valence-electron chi connectivity index (χ0n) is 12.8. The van der Waals surface area contributed by atoms with Crippen molar-refractivity contribution >= 4 is 11.6 Å². The zero-order valence-corrected chi connectivity index (χ0v) is 12.8. The molecule has 0 N–H and O–H groups in total. The third kappa shape index (κ3) is 1.27. The molecule has 4 rings (SSSR count). The van der Waals surface area contributed by atoms with Crippen LogP contribution in [0.15, 0.2) is 70.9 Å². The Kier molecular flexibility index (Phi) is 2.54. The maximum absolute atomic E-state index is 12.1. The van der Waals surface area contributed by atoms with Gasteiger partial charge in [-0.2, -0.15) is 0 Å². The van der Waals surface area contributed by atoms with E-state index in [2.05, 4.69) is 13.8 Å². The van der Waals surface area contributed by atoms with Gasteiger partial charge < -0.3 is 0 Å². The van der Waals surface area contributed by atoms with Gasteiger partial charge in [0.25, 0.3) is 0 Å². The molecule has 0 amide bonds. The van der Waals surface area contributed by atoms with Gasteiger partial charge >= 0.3 is 0 Å². The third-order valence-electron chi connectivity index (χ3n) is 5.84. The van der Waals surface area contributed by atoms with Crippen LogP contribution in [0.5, 0.6) is 0 Å². The summed E-state index contributed by atoms with van der Waals surface area (Å²) < 4.78 is 0. The minimum absolute atomic E-state index is 0.0568. The molecule has 0 heterocycles. The van der Waals surface area contributed by atoms with Crippen LogP contribution in [-0.2, 0) is 9.59 Å². The Morgan fingerprint density at radius 1 is 0.636 bits per heavy atom. The van der Waals surface area contributed by atoms with Crippen molar-refractivity contribution in [1.29, 1.82) is 0 Å². The molecular formula is C20H18O2. The minimum Gasteiger partial charge on any atom is -0.290 e. The van der Waals surface area contributed by atoms with Gasteiger partial charge in [-0.1, -0.05) is 38.2 Å². The normalized spacial score (nSPS) is 34.6. The number of hydrogen-bond acceptors (Lipinski definition) is 2. The number of hydrogen-bond donors (Lipinski definition) is 0. The highest BCUT2D eigenvalue weighted by molar-refractivity contribution is 6.06. The smallest absolute Gasteiger partial charge is 0.179 e. The predicted octanol–water partition coefficient (Wildman–Crippen LogP) is 3.79. The number of carbonyl (C=O) groups is 2. The molecule has 4 aliphatic carbocycles. The van der Waals surface area contributed by atoms with Crippen LogP contribution in [0.25, 0.3) is 0 Å². The van der Waals surface area contributed by atoms with E-state index in [-0.39, 0.29) is 22.4 Å². The first-order valence-corrected chi connectivity index (χ1v) is 7.91. The van der Waals surface area contributed by atoms with Crippen molar-refractivity contribution in [3.8, 4) is 0 Å². The Labute approximate surface area is 130 Å². The molecule has 4 aliphatic rings. The highest BCUT2D eigenvalue weighted by atomic mass is 16.1. The first-order chi connectivity index (χ1) is 10.6. The fourth-order valence-corrected chi connectivity index (χ4v) is 5.05. The second-order valence-corrected chi connectivity index (χ2v) is 6.39. The van der Waals surface area contributed by atoms with Crippen LogP contribution in [0.1, 0.15) is 26.7 Å². The van der Waals surface area contributed by atoms with Crippen LogP contribution < -0.4 is 0 Å². The summed E-state index contributed by atoms with van der Waals surface area (Å²) >= 11 is 0. The van der Waals surface area contributed by atoms with E-state index in [9.17, 15) is 9.59 Å². The summed E-state index contributed by atoms with van der Waals surface area (Å²) in [5, 5.41) is 0. The fourth-order valence-electron chi connectivity index (χ4n) is 5.05. The second-order valence-electron chi connectivity index (χ2n) is 6.39. The molecule has 0 unspecified atom stereocenters. The summed E-state index contributed by atoms with van der Waals surface area (Å²) in [4.78, 5) is 24.1. The van der Waals surface area contributed by atoms with Gasteiger partial charge in [-0.3, -0.25) is 9.59 Å². The van der Waals surface area contributed by atoms with Gasteiger partial charge in [0.15, 0.2) is 11.6 Å². The summed E-state index contributed by atoms with van der Waals surface area (Å²) in [5.41, 5.74) is 3.89. The zero-order chi connectivity index (χ0) is 15.5. The Morgan fingerprint density at radius 3 is 1.14 bits per heavy atom. The van der Waals surface area contributed by atoms with E-state index in [1.165, 1.54) is 0 Å². The van der Waals surface area contributed by atoms with Crippen LogP contribution in [0.3, 0.4) is 0 Å². The molecule has 2 nitrogen and oxygen atoms in total. The molecule has 0 atom stereocenters. The summed E-state index contributed by atoms with van der Waals surface area (Å²) in [6.07, 6.45) is 17.0. The lowest BCUT2D eigenvalue weighted by atomic mass is 9.43. The topological polar surface area (TPSA) is 34.1 Å². The molecule has 22 heavy (non-hydrogen) atoms. The lowest BCUT2D eigenvalue weighted by Gasteiger charge is -2.59. The fraction of sp³-hybridized carbons (Fsp3) is 0.300. The highest BCUT2D eigenvalue weighted by Crippen LogP contribution is 2.68. The van der Waals surface area contributed by atoms with Crippen LogP contribution >= 0.6 is 0 Å². The molecule has 0 bridgehead atoms. The van der Waals surface area contributed by atoms with Crippen LogP contribution in [0.2, 0.25) is 0 Å². The van der Waals surface area contributed by atoms with Gasteiger partial charge in [0.2, 0.25) is 0 Å². The van der Waals surface area contributed by atoms with Crippen molar-refractivity contribution in [2.75, 3.05) is 0 Å². The average Bonchev–Trinajstić information content (AvgIpc) is 2.51. The molecule has 0 aromatic carbocycles. The molecule has 0 aliphatic heterocycles. The van der Waals surface area contributed by atoms with Crippen molar-refractivity contribution in [3.05, 3.63) is 70.9 Å². The molecule has 0 fully saturated rings.